The van der Waals surface area contributed by atoms with Crippen LogP contribution in [-0.2, 0) is 16.0 Å². The molecule has 1 N–H and O–H groups in total. The third kappa shape index (κ3) is 4.36. The first kappa shape index (κ1) is 17.0. The lowest BCUT2D eigenvalue weighted by atomic mass is 9.95. The van der Waals surface area contributed by atoms with Gasteiger partial charge in [0, 0.05) is 34.6 Å². The Morgan fingerprint density at radius 1 is 1.21 bits per heavy atom. The number of piperidine rings is 1. The third-order valence-corrected chi connectivity index (χ3v) is 5.33. The van der Waals surface area contributed by atoms with E-state index in [1.807, 2.05) is 34.5 Å². The van der Waals surface area contributed by atoms with Crippen LogP contribution < -0.4 is 5.32 Å². The van der Waals surface area contributed by atoms with Crippen LogP contribution in [0.4, 0.5) is 5.69 Å². The molecule has 1 saturated heterocycles. The van der Waals surface area contributed by atoms with E-state index in [4.69, 9.17) is 11.6 Å². The Kier molecular flexibility index (Phi) is 5.53. The number of hydrogen-bond acceptors (Lipinski definition) is 3. The van der Waals surface area contributed by atoms with E-state index in [-0.39, 0.29) is 17.7 Å². The van der Waals surface area contributed by atoms with Crippen LogP contribution in [0.1, 0.15) is 17.7 Å². The smallest absolute Gasteiger partial charge is 0.227 e. The molecule has 0 atom stereocenters. The first-order chi connectivity index (χ1) is 11.6. The molecule has 1 aliphatic heterocycles. The van der Waals surface area contributed by atoms with Crippen molar-refractivity contribution in [1.29, 1.82) is 0 Å². The summed E-state index contributed by atoms with van der Waals surface area (Å²) in [5, 5.41) is 5.49. The molecule has 2 aromatic rings. The molecule has 126 valence electrons. The zero-order valence-electron chi connectivity index (χ0n) is 13.2. The van der Waals surface area contributed by atoms with Gasteiger partial charge in [0.25, 0.3) is 0 Å². The summed E-state index contributed by atoms with van der Waals surface area (Å²) in [6.45, 7) is 1.27. The predicted octanol–water partition coefficient (Wildman–Crippen LogP) is 3.82. The highest BCUT2D eigenvalue weighted by Gasteiger charge is 2.27. The average molecular weight is 363 g/mol. The van der Waals surface area contributed by atoms with Crippen molar-refractivity contribution in [2.75, 3.05) is 18.4 Å². The minimum atomic E-state index is -0.0604. The van der Waals surface area contributed by atoms with Gasteiger partial charge in [0.1, 0.15) is 0 Å². The molecule has 4 nitrogen and oxygen atoms in total. The van der Waals surface area contributed by atoms with E-state index in [9.17, 15) is 9.59 Å². The number of rotatable bonds is 4. The molecule has 2 amide bonds. The Balaban J connectivity index is 1.49. The van der Waals surface area contributed by atoms with Gasteiger partial charge in [-0.05, 0) is 42.5 Å². The molecule has 3 rings (SSSR count). The first-order valence-electron chi connectivity index (χ1n) is 7.98. The number of likely N-dealkylation sites (tertiary alicyclic amines) is 1. The number of carbonyl (C=O) groups is 2. The van der Waals surface area contributed by atoms with E-state index in [0.29, 0.717) is 43.1 Å². The first-order valence-corrected chi connectivity index (χ1v) is 9.24. The maximum Gasteiger partial charge on any atom is 0.227 e. The summed E-state index contributed by atoms with van der Waals surface area (Å²) in [4.78, 5) is 27.6. The largest absolute Gasteiger partial charge is 0.342 e. The molecule has 0 radical (unpaired) electrons. The Labute approximate surface area is 150 Å². The average Bonchev–Trinajstić information content (AvgIpc) is 3.08. The van der Waals surface area contributed by atoms with Gasteiger partial charge in [-0.15, -0.1) is 11.3 Å². The van der Waals surface area contributed by atoms with E-state index >= 15 is 0 Å². The third-order valence-electron chi connectivity index (χ3n) is 4.22. The molecule has 0 unspecified atom stereocenters. The summed E-state index contributed by atoms with van der Waals surface area (Å²) in [7, 11) is 0. The molecular formula is C18H19ClN2O2S. The van der Waals surface area contributed by atoms with Gasteiger partial charge >= 0.3 is 0 Å². The molecule has 2 heterocycles. The van der Waals surface area contributed by atoms with Crippen molar-refractivity contribution < 1.29 is 9.59 Å². The summed E-state index contributed by atoms with van der Waals surface area (Å²) in [6, 6.07) is 11.1. The van der Waals surface area contributed by atoms with Crippen LogP contribution in [-0.4, -0.2) is 29.8 Å². The Morgan fingerprint density at radius 3 is 2.67 bits per heavy atom. The van der Waals surface area contributed by atoms with Crippen molar-refractivity contribution in [3.05, 3.63) is 51.7 Å². The summed E-state index contributed by atoms with van der Waals surface area (Å²) in [5.74, 6) is 0.0866. The van der Waals surface area contributed by atoms with Gasteiger partial charge in [0.15, 0.2) is 0 Å². The van der Waals surface area contributed by atoms with Gasteiger partial charge in [-0.1, -0.05) is 23.7 Å². The number of nitrogens with zero attached hydrogens (tertiary/aromatic N) is 1. The number of carbonyl (C=O) groups excluding carboxylic acids is 2. The zero-order chi connectivity index (χ0) is 16.9. The Bertz CT molecular complexity index is 710. The summed E-state index contributed by atoms with van der Waals surface area (Å²) < 4.78 is 0. The molecule has 0 spiro atoms. The Morgan fingerprint density at radius 2 is 2.00 bits per heavy atom. The fourth-order valence-electron chi connectivity index (χ4n) is 2.88. The van der Waals surface area contributed by atoms with Crippen molar-refractivity contribution in [3.63, 3.8) is 0 Å². The monoisotopic (exact) mass is 362 g/mol. The highest BCUT2D eigenvalue weighted by atomic mass is 35.5. The second kappa shape index (κ2) is 7.81. The second-order valence-electron chi connectivity index (χ2n) is 5.91. The maximum absolute atomic E-state index is 12.4. The number of thiophene rings is 1. The lowest BCUT2D eigenvalue weighted by Crippen LogP contribution is -2.42. The lowest BCUT2D eigenvalue weighted by molar-refractivity contribution is -0.133. The van der Waals surface area contributed by atoms with Crippen LogP contribution in [0, 0.1) is 5.92 Å². The van der Waals surface area contributed by atoms with Gasteiger partial charge in [-0.25, -0.2) is 0 Å². The van der Waals surface area contributed by atoms with E-state index < -0.39 is 0 Å². The lowest BCUT2D eigenvalue weighted by Gasteiger charge is -2.31. The minimum absolute atomic E-state index is 0.00243. The van der Waals surface area contributed by atoms with Crippen molar-refractivity contribution in [2.45, 2.75) is 19.3 Å². The van der Waals surface area contributed by atoms with Crippen LogP contribution in [0.2, 0.25) is 5.02 Å². The van der Waals surface area contributed by atoms with Crippen LogP contribution in [0.15, 0.2) is 41.8 Å². The van der Waals surface area contributed by atoms with Gasteiger partial charge in [-0.3, -0.25) is 9.59 Å². The number of halogens is 1. The van der Waals surface area contributed by atoms with Crippen LogP contribution >= 0.6 is 22.9 Å². The topological polar surface area (TPSA) is 49.4 Å². The van der Waals surface area contributed by atoms with Gasteiger partial charge in [-0.2, -0.15) is 0 Å². The summed E-state index contributed by atoms with van der Waals surface area (Å²) in [5.41, 5.74) is 0.712. The maximum atomic E-state index is 12.4. The molecule has 1 aromatic carbocycles. The number of anilines is 1. The molecular weight excluding hydrogens is 344 g/mol. The van der Waals surface area contributed by atoms with Crippen LogP contribution in [0.25, 0.3) is 0 Å². The minimum Gasteiger partial charge on any atom is -0.342 e. The number of nitrogens with one attached hydrogen (secondary N) is 1. The SMILES string of the molecule is O=C(Nc1cccc(Cl)c1)C1CCN(C(=O)Cc2cccs2)CC1. The molecule has 1 aliphatic rings. The highest BCUT2D eigenvalue weighted by molar-refractivity contribution is 7.10. The second-order valence-corrected chi connectivity index (χ2v) is 7.38. The number of benzene rings is 1. The van der Waals surface area contributed by atoms with Gasteiger partial charge < -0.3 is 10.2 Å². The molecule has 0 bridgehead atoms. The fraction of sp³-hybridized carbons (Fsp3) is 0.333. The molecule has 0 aliphatic carbocycles. The van der Waals surface area contributed by atoms with Crippen LogP contribution in [0.3, 0.4) is 0 Å². The Hall–Kier alpha value is -1.85. The molecule has 0 saturated carbocycles. The quantitative estimate of drug-likeness (QED) is 0.898. The highest BCUT2D eigenvalue weighted by Crippen LogP contribution is 2.22. The van der Waals surface area contributed by atoms with Crippen molar-refractivity contribution >= 4 is 40.4 Å². The van der Waals surface area contributed by atoms with Crippen molar-refractivity contribution in [3.8, 4) is 0 Å². The van der Waals surface area contributed by atoms with E-state index in [2.05, 4.69) is 5.32 Å². The molecule has 1 aromatic heterocycles. The van der Waals surface area contributed by atoms with E-state index in [1.54, 1.807) is 23.5 Å². The van der Waals surface area contributed by atoms with Crippen molar-refractivity contribution in [1.82, 2.24) is 4.90 Å². The zero-order valence-corrected chi connectivity index (χ0v) is 14.8. The van der Waals surface area contributed by atoms with Crippen LogP contribution in [0.5, 0.6) is 0 Å². The van der Waals surface area contributed by atoms with Gasteiger partial charge in [0.2, 0.25) is 11.8 Å². The standard InChI is InChI=1S/C18H19ClN2O2S/c19-14-3-1-4-15(11-14)20-18(23)13-6-8-21(9-7-13)17(22)12-16-5-2-10-24-16/h1-5,10-11,13H,6-9,12H2,(H,20,23). The number of amides is 2. The van der Waals surface area contributed by atoms with Crippen molar-refractivity contribution in [2.24, 2.45) is 5.92 Å². The van der Waals surface area contributed by atoms with E-state index in [1.165, 1.54) is 0 Å². The van der Waals surface area contributed by atoms with Gasteiger partial charge in [0.05, 0.1) is 6.42 Å². The molecule has 1 fully saturated rings. The number of hydrogen-bond donors (Lipinski definition) is 1. The fourth-order valence-corrected chi connectivity index (χ4v) is 3.76. The normalized spacial score (nSPS) is 15.3. The predicted molar refractivity (Wildman–Crippen MR) is 97.4 cm³/mol. The summed E-state index contributed by atoms with van der Waals surface area (Å²) >= 11 is 7.53. The van der Waals surface area contributed by atoms with E-state index in [0.717, 1.165) is 4.88 Å². The molecule has 24 heavy (non-hydrogen) atoms. The summed E-state index contributed by atoms with van der Waals surface area (Å²) in [6.07, 6.45) is 1.85. The molecule has 6 heteroatoms.